The first kappa shape index (κ1) is 16.8. The van der Waals surface area contributed by atoms with Crippen LogP contribution in [0.25, 0.3) is 0 Å². The van der Waals surface area contributed by atoms with Crippen molar-refractivity contribution >= 4 is 11.7 Å². The van der Waals surface area contributed by atoms with Gasteiger partial charge < -0.3 is 15.8 Å². The zero-order valence-electron chi connectivity index (χ0n) is 12.8. The molecular weight excluding hydrogens is 254 g/mol. The minimum absolute atomic E-state index is 0.0271. The molecule has 0 bridgehead atoms. The Kier molecular flexibility index (Phi) is 7.41. The summed E-state index contributed by atoms with van der Waals surface area (Å²) in [4.78, 5) is 14.5. The Morgan fingerprint density at radius 1 is 1.35 bits per heavy atom. The van der Waals surface area contributed by atoms with Gasteiger partial charge >= 0.3 is 0 Å². The predicted octanol–water partition coefficient (Wildman–Crippen LogP) is 2.58. The van der Waals surface area contributed by atoms with Crippen LogP contribution in [-0.4, -0.2) is 34.9 Å². The third-order valence-corrected chi connectivity index (χ3v) is 4.20. The number of nitrogens with zero attached hydrogens (tertiary/aromatic N) is 2. The summed E-state index contributed by atoms with van der Waals surface area (Å²) < 4.78 is 0. The van der Waals surface area contributed by atoms with E-state index in [4.69, 9.17) is 10.9 Å². The van der Waals surface area contributed by atoms with E-state index in [9.17, 15) is 4.79 Å². The minimum Gasteiger partial charge on any atom is -0.409 e. The summed E-state index contributed by atoms with van der Waals surface area (Å²) in [7, 11) is 0. The number of amides is 1. The summed E-state index contributed by atoms with van der Waals surface area (Å²) in [6.45, 7) is 5.83. The monoisotopic (exact) mass is 283 g/mol. The SMILES string of the molecule is CCCC1CCCN(C(=O)C(CCC)C(N)=NO)CC1. The highest BCUT2D eigenvalue weighted by atomic mass is 16.4. The third-order valence-electron chi connectivity index (χ3n) is 4.20. The van der Waals surface area contributed by atoms with Crippen molar-refractivity contribution in [1.29, 1.82) is 0 Å². The zero-order chi connectivity index (χ0) is 15.0. The Hall–Kier alpha value is -1.26. The fourth-order valence-electron chi connectivity index (χ4n) is 3.06. The summed E-state index contributed by atoms with van der Waals surface area (Å²) in [6.07, 6.45) is 7.30. The van der Waals surface area contributed by atoms with E-state index >= 15 is 0 Å². The second-order valence-corrected chi connectivity index (χ2v) is 5.78. The molecule has 0 saturated carbocycles. The van der Waals surface area contributed by atoms with Gasteiger partial charge in [-0.2, -0.15) is 0 Å². The molecule has 1 rings (SSSR count). The number of rotatable bonds is 6. The first-order valence-electron chi connectivity index (χ1n) is 7.90. The molecule has 1 saturated heterocycles. The van der Waals surface area contributed by atoms with Gasteiger partial charge in [-0.15, -0.1) is 0 Å². The predicted molar refractivity (Wildman–Crippen MR) is 80.6 cm³/mol. The van der Waals surface area contributed by atoms with Crippen molar-refractivity contribution in [2.75, 3.05) is 13.1 Å². The third kappa shape index (κ3) is 4.69. The molecule has 0 aromatic rings. The van der Waals surface area contributed by atoms with Crippen LogP contribution in [0.4, 0.5) is 0 Å². The van der Waals surface area contributed by atoms with E-state index in [1.807, 2.05) is 11.8 Å². The maximum absolute atomic E-state index is 12.6. The largest absolute Gasteiger partial charge is 0.409 e. The Balaban J connectivity index is 2.65. The lowest BCUT2D eigenvalue weighted by Gasteiger charge is -2.25. The van der Waals surface area contributed by atoms with Crippen LogP contribution in [-0.2, 0) is 4.79 Å². The van der Waals surface area contributed by atoms with Gasteiger partial charge in [-0.25, -0.2) is 0 Å². The number of hydrogen-bond donors (Lipinski definition) is 2. The van der Waals surface area contributed by atoms with Gasteiger partial charge in [0.05, 0.1) is 5.92 Å². The van der Waals surface area contributed by atoms with E-state index in [1.165, 1.54) is 19.3 Å². The number of nitrogens with two attached hydrogens (primary N) is 1. The first-order valence-corrected chi connectivity index (χ1v) is 7.90. The maximum atomic E-state index is 12.6. The highest BCUT2D eigenvalue weighted by Gasteiger charge is 2.28. The maximum Gasteiger partial charge on any atom is 0.233 e. The second kappa shape index (κ2) is 8.82. The number of oxime groups is 1. The smallest absolute Gasteiger partial charge is 0.233 e. The molecule has 116 valence electrons. The van der Waals surface area contributed by atoms with Crippen molar-refractivity contribution in [2.24, 2.45) is 22.7 Å². The molecule has 1 aliphatic rings. The van der Waals surface area contributed by atoms with Crippen LogP contribution < -0.4 is 5.73 Å². The van der Waals surface area contributed by atoms with Crippen LogP contribution in [0.15, 0.2) is 5.16 Å². The zero-order valence-corrected chi connectivity index (χ0v) is 12.8. The molecule has 5 nitrogen and oxygen atoms in total. The van der Waals surface area contributed by atoms with E-state index in [0.717, 1.165) is 38.3 Å². The second-order valence-electron chi connectivity index (χ2n) is 5.78. The molecule has 0 aromatic carbocycles. The lowest BCUT2D eigenvalue weighted by atomic mass is 9.96. The van der Waals surface area contributed by atoms with E-state index in [2.05, 4.69) is 12.1 Å². The Morgan fingerprint density at radius 2 is 2.10 bits per heavy atom. The van der Waals surface area contributed by atoms with Crippen molar-refractivity contribution in [3.05, 3.63) is 0 Å². The van der Waals surface area contributed by atoms with Gasteiger partial charge in [-0.1, -0.05) is 38.3 Å². The van der Waals surface area contributed by atoms with Gasteiger partial charge in [0.25, 0.3) is 0 Å². The Labute approximate surface area is 122 Å². The lowest BCUT2D eigenvalue weighted by molar-refractivity contribution is -0.133. The van der Waals surface area contributed by atoms with Gasteiger partial charge in [0, 0.05) is 13.1 Å². The van der Waals surface area contributed by atoms with Gasteiger partial charge in [-0.05, 0) is 31.6 Å². The van der Waals surface area contributed by atoms with Crippen LogP contribution in [0, 0.1) is 11.8 Å². The lowest BCUT2D eigenvalue weighted by Crippen LogP contribution is -2.42. The van der Waals surface area contributed by atoms with E-state index in [1.54, 1.807) is 0 Å². The molecule has 1 fully saturated rings. The van der Waals surface area contributed by atoms with Crippen molar-refractivity contribution in [3.63, 3.8) is 0 Å². The minimum atomic E-state index is -0.465. The summed E-state index contributed by atoms with van der Waals surface area (Å²) in [5.74, 6) is 0.351. The van der Waals surface area contributed by atoms with E-state index in [-0.39, 0.29) is 11.7 Å². The molecule has 2 unspecified atom stereocenters. The summed E-state index contributed by atoms with van der Waals surface area (Å²) in [5, 5.41) is 11.9. The summed E-state index contributed by atoms with van der Waals surface area (Å²) in [5.41, 5.74) is 5.68. The number of amidine groups is 1. The van der Waals surface area contributed by atoms with E-state index in [0.29, 0.717) is 6.42 Å². The average Bonchev–Trinajstić information content (AvgIpc) is 2.69. The van der Waals surface area contributed by atoms with Crippen molar-refractivity contribution in [3.8, 4) is 0 Å². The number of hydrogen-bond acceptors (Lipinski definition) is 3. The summed E-state index contributed by atoms with van der Waals surface area (Å²) >= 11 is 0. The normalized spacial score (nSPS) is 22.4. The fraction of sp³-hybridized carbons (Fsp3) is 0.867. The molecule has 0 aromatic heterocycles. The molecule has 0 spiro atoms. The molecule has 1 heterocycles. The molecule has 0 aliphatic carbocycles. The van der Waals surface area contributed by atoms with E-state index < -0.39 is 5.92 Å². The van der Waals surface area contributed by atoms with Crippen LogP contribution >= 0.6 is 0 Å². The highest BCUT2D eigenvalue weighted by molar-refractivity contribution is 6.02. The standard InChI is InChI=1S/C15H29N3O2/c1-3-6-12-8-5-10-18(11-9-12)15(19)13(7-4-2)14(16)17-20/h12-13,20H,3-11H2,1-2H3,(H2,16,17). The number of carbonyl (C=O) groups excluding carboxylic acids is 1. The van der Waals surface area contributed by atoms with Crippen LogP contribution in [0.3, 0.4) is 0 Å². The molecule has 1 aliphatic heterocycles. The van der Waals surface area contributed by atoms with Crippen LogP contribution in [0.5, 0.6) is 0 Å². The van der Waals surface area contributed by atoms with Crippen molar-refractivity contribution < 1.29 is 10.0 Å². The number of carbonyl (C=O) groups is 1. The molecule has 5 heteroatoms. The average molecular weight is 283 g/mol. The fourth-order valence-corrected chi connectivity index (χ4v) is 3.06. The van der Waals surface area contributed by atoms with Crippen molar-refractivity contribution in [2.45, 2.75) is 58.8 Å². The Bertz CT molecular complexity index is 331. The topological polar surface area (TPSA) is 78.9 Å². The number of likely N-dealkylation sites (tertiary alicyclic amines) is 1. The van der Waals surface area contributed by atoms with Gasteiger partial charge in [0.2, 0.25) is 5.91 Å². The molecule has 20 heavy (non-hydrogen) atoms. The van der Waals surface area contributed by atoms with Gasteiger partial charge in [0.1, 0.15) is 0 Å². The molecule has 0 radical (unpaired) electrons. The van der Waals surface area contributed by atoms with Crippen molar-refractivity contribution in [1.82, 2.24) is 4.90 Å². The molecule has 1 amide bonds. The van der Waals surface area contributed by atoms with Gasteiger partial charge in [-0.3, -0.25) is 4.79 Å². The van der Waals surface area contributed by atoms with Gasteiger partial charge in [0.15, 0.2) is 5.84 Å². The quantitative estimate of drug-likeness (QED) is 0.340. The van der Waals surface area contributed by atoms with Crippen LogP contribution in [0.1, 0.15) is 58.8 Å². The Morgan fingerprint density at radius 3 is 2.70 bits per heavy atom. The molecular formula is C15H29N3O2. The molecule has 3 N–H and O–H groups in total. The summed E-state index contributed by atoms with van der Waals surface area (Å²) in [6, 6.07) is 0. The highest BCUT2D eigenvalue weighted by Crippen LogP contribution is 2.23. The molecule has 2 atom stereocenters. The first-order chi connectivity index (χ1) is 9.63. The van der Waals surface area contributed by atoms with Crippen LogP contribution in [0.2, 0.25) is 0 Å².